The van der Waals surface area contributed by atoms with Crippen LogP contribution in [0, 0.1) is 5.92 Å². The molecule has 2 saturated heterocycles. The van der Waals surface area contributed by atoms with E-state index in [9.17, 15) is 4.79 Å². The fourth-order valence-electron chi connectivity index (χ4n) is 5.97. The van der Waals surface area contributed by atoms with E-state index >= 15 is 0 Å². The number of nitrogens with zero attached hydrogens (tertiary/aromatic N) is 3. The van der Waals surface area contributed by atoms with Gasteiger partial charge in [-0.1, -0.05) is 6.42 Å². The molecule has 3 fully saturated rings. The van der Waals surface area contributed by atoms with Crippen molar-refractivity contribution in [3.63, 3.8) is 0 Å². The minimum Gasteiger partial charge on any atom is -0.444 e. The smallest absolute Gasteiger partial charge is 0.410 e. The molecular formula is C25H48N4O2. The van der Waals surface area contributed by atoms with Crippen molar-refractivity contribution in [1.29, 1.82) is 0 Å². The molecule has 1 aliphatic carbocycles. The summed E-state index contributed by atoms with van der Waals surface area (Å²) < 4.78 is 5.72. The molecule has 6 heteroatoms. The number of hydrogen-bond donors (Lipinski definition) is 1. The first kappa shape index (κ1) is 24.8. The van der Waals surface area contributed by atoms with E-state index < -0.39 is 5.60 Å². The van der Waals surface area contributed by atoms with Crippen molar-refractivity contribution >= 4 is 6.09 Å². The van der Waals surface area contributed by atoms with Crippen LogP contribution in [0.3, 0.4) is 0 Å². The maximum atomic E-state index is 12.8. The minimum absolute atomic E-state index is 0.121. The van der Waals surface area contributed by atoms with Gasteiger partial charge in [0.2, 0.25) is 0 Å². The molecule has 0 spiro atoms. The van der Waals surface area contributed by atoms with E-state index in [-0.39, 0.29) is 11.6 Å². The van der Waals surface area contributed by atoms with E-state index in [1.807, 2.05) is 25.7 Å². The summed E-state index contributed by atoms with van der Waals surface area (Å²) in [5.41, 5.74) is -0.271. The summed E-state index contributed by atoms with van der Waals surface area (Å²) in [4.78, 5) is 19.9. The fraction of sp³-hybridized carbons (Fsp3) is 0.960. The third-order valence-electron chi connectivity index (χ3n) is 7.84. The summed E-state index contributed by atoms with van der Waals surface area (Å²) in [7, 11) is 4.41. The predicted molar refractivity (Wildman–Crippen MR) is 127 cm³/mol. The molecule has 1 saturated carbocycles. The van der Waals surface area contributed by atoms with E-state index in [1.165, 1.54) is 45.2 Å². The molecule has 0 radical (unpaired) electrons. The molecule has 31 heavy (non-hydrogen) atoms. The zero-order chi connectivity index (χ0) is 22.8. The summed E-state index contributed by atoms with van der Waals surface area (Å²) >= 11 is 0. The van der Waals surface area contributed by atoms with Gasteiger partial charge in [0.15, 0.2) is 0 Å². The van der Waals surface area contributed by atoms with Gasteiger partial charge in [-0.3, -0.25) is 4.90 Å². The van der Waals surface area contributed by atoms with Crippen LogP contribution in [-0.4, -0.2) is 90.3 Å². The highest BCUT2D eigenvalue weighted by Gasteiger charge is 2.42. The van der Waals surface area contributed by atoms with Crippen molar-refractivity contribution in [3.8, 4) is 0 Å². The molecule has 1 amide bonds. The largest absolute Gasteiger partial charge is 0.444 e. The Morgan fingerprint density at radius 2 is 1.65 bits per heavy atom. The average Bonchev–Trinajstić information content (AvgIpc) is 3.34. The lowest BCUT2D eigenvalue weighted by molar-refractivity contribution is 0.0159. The van der Waals surface area contributed by atoms with Gasteiger partial charge >= 0.3 is 6.09 Å². The number of rotatable bonds is 6. The standard InChI is InChI=1S/C25H48N4O2/c1-24(2,3)31-23(30)29-15-9-12-22(29)20-10-8-11-21(20)26-18-25(4,5)28-16-13-19(14-17-28)27(6)7/h19-22,26H,8-18H2,1-7H3/t20-,21-,22+/m1/s1. The maximum absolute atomic E-state index is 12.8. The van der Waals surface area contributed by atoms with Gasteiger partial charge < -0.3 is 19.9 Å². The van der Waals surface area contributed by atoms with Gasteiger partial charge in [0.05, 0.1) is 0 Å². The van der Waals surface area contributed by atoms with Gasteiger partial charge in [-0.2, -0.15) is 0 Å². The monoisotopic (exact) mass is 436 g/mol. The molecule has 0 unspecified atom stereocenters. The number of hydrogen-bond acceptors (Lipinski definition) is 5. The average molecular weight is 437 g/mol. The Bertz CT molecular complexity index is 593. The van der Waals surface area contributed by atoms with Crippen molar-refractivity contribution in [1.82, 2.24) is 20.0 Å². The number of ether oxygens (including phenoxy) is 1. The highest BCUT2D eigenvalue weighted by molar-refractivity contribution is 5.69. The predicted octanol–water partition coefficient (Wildman–Crippen LogP) is 3.95. The molecule has 2 heterocycles. The van der Waals surface area contributed by atoms with E-state index in [4.69, 9.17) is 4.74 Å². The van der Waals surface area contributed by atoms with Crippen molar-refractivity contribution in [2.24, 2.45) is 5.92 Å². The van der Waals surface area contributed by atoms with Crippen LogP contribution >= 0.6 is 0 Å². The molecule has 1 N–H and O–H groups in total. The Kier molecular flexibility index (Phi) is 7.97. The number of amides is 1. The van der Waals surface area contributed by atoms with E-state index in [0.29, 0.717) is 18.0 Å². The minimum atomic E-state index is -0.429. The molecule has 180 valence electrons. The molecule has 3 aliphatic rings. The van der Waals surface area contributed by atoms with Crippen molar-refractivity contribution < 1.29 is 9.53 Å². The highest BCUT2D eigenvalue weighted by Crippen LogP contribution is 2.37. The number of nitrogens with one attached hydrogen (secondary N) is 1. The first-order valence-corrected chi connectivity index (χ1v) is 12.6. The maximum Gasteiger partial charge on any atom is 0.410 e. The third-order valence-corrected chi connectivity index (χ3v) is 7.84. The molecule has 0 aromatic carbocycles. The zero-order valence-electron chi connectivity index (χ0n) is 21.2. The lowest BCUT2D eigenvalue weighted by atomic mass is 9.91. The number of carbonyl (C=O) groups is 1. The van der Waals surface area contributed by atoms with Crippen LogP contribution in [0.25, 0.3) is 0 Å². The highest BCUT2D eigenvalue weighted by atomic mass is 16.6. The van der Waals surface area contributed by atoms with Crippen molar-refractivity contribution in [2.45, 2.75) is 109 Å². The topological polar surface area (TPSA) is 48.0 Å². The molecule has 0 bridgehead atoms. The second kappa shape index (κ2) is 9.96. The fourth-order valence-corrected chi connectivity index (χ4v) is 5.97. The first-order valence-electron chi connectivity index (χ1n) is 12.6. The first-order chi connectivity index (χ1) is 14.5. The summed E-state index contributed by atoms with van der Waals surface area (Å²) in [6.45, 7) is 14.9. The molecule has 0 aromatic heterocycles. The summed E-state index contributed by atoms with van der Waals surface area (Å²) in [5, 5.41) is 3.96. The van der Waals surface area contributed by atoms with E-state index in [1.54, 1.807) is 0 Å². The Labute approximate surface area is 191 Å². The van der Waals surface area contributed by atoms with Crippen LogP contribution in [0.15, 0.2) is 0 Å². The van der Waals surface area contributed by atoms with E-state index in [2.05, 4.69) is 43.1 Å². The van der Waals surface area contributed by atoms with Gasteiger partial charge in [-0.05, 0) is 93.2 Å². The van der Waals surface area contributed by atoms with Crippen molar-refractivity contribution in [2.75, 3.05) is 40.3 Å². The SMILES string of the molecule is CN(C)C1CCN(C(C)(C)CN[C@@H]2CCC[C@H]2[C@@H]2CCCN2C(=O)OC(C)(C)C)CC1. The van der Waals surface area contributed by atoms with Crippen LogP contribution in [0.4, 0.5) is 4.79 Å². The van der Waals surface area contributed by atoms with Crippen LogP contribution in [0.5, 0.6) is 0 Å². The van der Waals surface area contributed by atoms with E-state index in [0.717, 1.165) is 32.0 Å². The molecule has 6 nitrogen and oxygen atoms in total. The van der Waals surface area contributed by atoms with Gasteiger partial charge in [-0.25, -0.2) is 4.79 Å². The third kappa shape index (κ3) is 6.35. The molecule has 2 aliphatic heterocycles. The van der Waals surface area contributed by atoms with Gasteiger partial charge in [-0.15, -0.1) is 0 Å². The number of piperidine rings is 1. The normalized spacial score (nSPS) is 29.2. The number of likely N-dealkylation sites (tertiary alicyclic amines) is 2. The quantitative estimate of drug-likeness (QED) is 0.683. The summed E-state index contributed by atoms with van der Waals surface area (Å²) in [6.07, 6.45) is 8.31. The summed E-state index contributed by atoms with van der Waals surface area (Å²) in [5.74, 6) is 0.547. The van der Waals surface area contributed by atoms with Gasteiger partial charge in [0.25, 0.3) is 0 Å². The van der Waals surface area contributed by atoms with Gasteiger partial charge in [0, 0.05) is 49.8 Å². The van der Waals surface area contributed by atoms with Crippen LogP contribution < -0.4 is 5.32 Å². The van der Waals surface area contributed by atoms with Crippen LogP contribution in [-0.2, 0) is 4.74 Å². The van der Waals surface area contributed by atoms with Crippen LogP contribution in [0.2, 0.25) is 0 Å². The molecule has 3 rings (SSSR count). The lowest BCUT2D eigenvalue weighted by Crippen LogP contribution is -2.57. The second-order valence-electron chi connectivity index (χ2n) is 12.0. The zero-order valence-corrected chi connectivity index (χ0v) is 21.2. The Hall–Kier alpha value is -0.850. The Balaban J connectivity index is 1.55. The second-order valence-corrected chi connectivity index (χ2v) is 12.0. The Morgan fingerprint density at radius 3 is 2.26 bits per heavy atom. The summed E-state index contributed by atoms with van der Waals surface area (Å²) in [6, 6.07) is 1.56. The molecule has 3 atom stereocenters. The van der Waals surface area contributed by atoms with Crippen molar-refractivity contribution in [3.05, 3.63) is 0 Å². The lowest BCUT2D eigenvalue weighted by Gasteiger charge is -2.45. The Morgan fingerprint density at radius 1 is 0.968 bits per heavy atom. The van der Waals surface area contributed by atoms with Crippen LogP contribution in [0.1, 0.15) is 79.6 Å². The number of carbonyl (C=O) groups excluding carboxylic acids is 1. The van der Waals surface area contributed by atoms with Gasteiger partial charge in [0.1, 0.15) is 5.60 Å². The molecular weight excluding hydrogens is 388 g/mol. The molecule has 0 aromatic rings.